The quantitative estimate of drug-likeness (QED) is 0.798. The molecule has 2 N–H and O–H groups in total. The fourth-order valence-electron chi connectivity index (χ4n) is 2.00. The summed E-state index contributed by atoms with van der Waals surface area (Å²) in [7, 11) is 0. The van der Waals surface area contributed by atoms with Gasteiger partial charge in [0.1, 0.15) is 5.60 Å². The van der Waals surface area contributed by atoms with Crippen LogP contribution in [0.3, 0.4) is 0 Å². The van der Waals surface area contributed by atoms with Crippen molar-refractivity contribution in [1.29, 1.82) is 0 Å². The molecule has 2 rings (SSSR count). The van der Waals surface area contributed by atoms with Crippen LogP contribution in [-0.2, 0) is 11.3 Å². The van der Waals surface area contributed by atoms with Crippen molar-refractivity contribution < 1.29 is 9.53 Å². The molecule has 1 aromatic carbocycles. The van der Waals surface area contributed by atoms with Gasteiger partial charge in [0, 0.05) is 25.2 Å². The Balaban J connectivity index is 1.69. The molecular formula is C18H24N4O2. The van der Waals surface area contributed by atoms with Crippen LogP contribution in [0.2, 0.25) is 0 Å². The molecule has 0 atom stereocenters. The molecule has 0 bridgehead atoms. The van der Waals surface area contributed by atoms with E-state index in [4.69, 9.17) is 4.74 Å². The maximum atomic E-state index is 11.5. The number of aromatic nitrogens is 2. The van der Waals surface area contributed by atoms with Gasteiger partial charge in [-0.15, -0.1) is 0 Å². The van der Waals surface area contributed by atoms with Crippen LogP contribution in [0.1, 0.15) is 26.5 Å². The molecule has 0 saturated heterocycles. The van der Waals surface area contributed by atoms with E-state index in [9.17, 15) is 4.79 Å². The van der Waals surface area contributed by atoms with Gasteiger partial charge in [0.15, 0.2) is 0 Å². The van der Waals surface area contributed by atoms with Gasteiger partial charge in [0.2, 0.25) is 0 Å². The second-order valence-electron chi connectivity index (χ2n) is 6.38. The van der Waals surface area contributed by atoms with E-state index in [-0.39, 0.29) is 0 Å². The van der Waals surface area contributed by atoms with Gasteiger partial charge < -0.3 is 15.4 Å². The Labute approximate surface area is 142 Å². The van der Waals surface area contributed by atoms with Crippen molar-refractivity contribution in [2.75, 3.05) is 13.1 Å². The molecular weight excluding hydrogens is 304 g/mol. The SMILES string of the molecule is CC(C)(C)OC(=O)NCCNCc1ccc(-c2ccccc2)nn1. The fraction of sp³-hybridized carbons (Fsp3) is 0.389. The highest BCUT2D eigenvalue weighted by Gasteiger charge is 2.15. The lowest BCUT2D eigenvalue weighted by Crippen LogP contribution is -2.36. The zero-order chi connectivity index (χ0) is 17.4. The van der Waals surface area contributed by atoms with Crippen molar-refractivity contribution in [2.24, 2.45) is 0 Å². The molecule has 24 heavy (non-hydrogen) atoms. The van der Waals surface area contributed by atoms with Crippen LogP contribution in [0, 0.1) is 0 Å². The minimum absolute atomic E-state index is 0.406. The summed E-state index contributed by atoms with van der Waals surface area (Å²) in [4.78, 5) is 11.5. The molecule has 1 amide bonds. The van der Waals surface area contributed by atoms with Crippen LogP contribution in [0.4, 0.5) is 4.79 Å². The van der Waals surface area contributed by atoms with Gasteiger partial charge in [0.25, 0.3) is 0 Å². The number of hydrogen-bond donors (Lipinski definition) is 2. The van der Waals surface area contributed by atoms with E-state index < -0.39 is 11.7 Å². The van der Waals surface area contributed by atoms with Crippen LogP contribution < -0.4 is 10.6 Å². The first-order valence-electron chi connectivity index (χ1n) is 8.00. The van der Waals surface area contributed by atoms with E-state index in [1.54, 1.807) is 0 Å². The number of benzene rings is 1. The lowest BCUT2D eigenvalue weighted by Gasteiger charge is -2.19. The number of nitrogens with zero attached hydrogens (tertiary/aromatic N) is 2. The molecule has 0 spiro atoms. The third-order valence-electron chi connectivity index (χ3n) is 3.07. The Kier molecular flexibility index (Phi) is 6.26. The standard InChI is InChI=1S/C18H24N4O2/c1-18(2,3)24-17(23)20-12-11-19-13-15-9-10-16(22-21-15)14-7-5-4-6-8-14/h4-10,19H,11-13H2,1-3H3,(H,20,23). The van der Waals surface area contributed by atoms with Gasteiger partial charge in [-0.3, -0.25) is 0 Å². The van der Waals surface area contributed by atoms with E-state index in [0.29, 0.717) is 19.6 Å². The van der Waals surface area contributed by atoms with Crippen molar-refractivity contribution >= 4 is 6.09 Å². The summed E-state index contributed by atoms with van der Waals surface area (Å²) in [6.45, 7) is 7.22. The van der Waals surface area contributed by atoms with Crippen molar-refractivity contribution in [2.45, 2.75) is 32.9 Å². The topological polar surface area (TPSA) is 76.1 Å². The number of alkyl carbamates (subject to hydrolysis) is 1. The van der Waals surface area contributed by atoms with Crippen LogP contribution in [-0.4, -0.2) is 35.0 Å². The number of carbonyl (C=O) groups excluding carboxylic acids is 1. The molecule has 1 heterocycles. The van der Waals surface area contributed by atoms with Crippen molar-refractivity contribution in [3.63, 3.8) is 0 Å². The molecule has 6 nitrogen and oxygen atoms in total. The summed E-state index contributed by atoms with van der Waals surface area (Å²) < 4.78 is 5.16. The molecule has 2 aromatic rings. The van der Waals surface area contributed by atoms with E-state index in [1.165, 1.54) is 0 Å². The van der Waals surface area contributed by atoms with Crippen molar-refractivity contribution in [3.8, 4) is 11.3 Å². The van der Waals surface area contributed by atoms with Crippen molar-refractivity contribution in [1.82, 2.24) is 20.8 Å². The second kappa shape index (κ2) is 8.40. The number of rotatable bonds is 6. The van der Waals surface area contributed by atoms with Gasteiger partial charge in [-0.2, -0.15) is 10.2 Å². The molecule has 128 valence electrons. The predicted molar refractivity (Wildman–Crippen MR) is 93.4 cm³/mol. The van der Waals surface area contributed by atoms with Crippen LogP contribution in [0.15, 0.2) is 42.5 Å². The minimum Gasteiger partial charge on any atom is -0.444 e. The first-order valence-corrected chi connectivity index (χ1v) is 8.00. The Morgan fingerprint density at radius 2 is 1.79 bits per heavy atom. The summed E-state index contributed by atoms with van der Waals surface area (Å²) in [5.41, 5.74) is 2.28. The normalized spacial score (nSPS) is 11.1. The lowest BCUT2D eigenvalue weighted by atomic mass is 10.1. The van der Waals surface area contributed by atoms with E-state index in [0.717, 1.165) is 17.0 Å². The van der Waals surface area contributed by atoms with Gasteiger partial charge in [-0.25, -0.2) is 4.79 Å². The fourth-order valence-corrected chi connectivity index (χ4v) is 2.00. The minimum atomic E-state index is -0.479. The second-order valence-corrected chi connectivity index (χ2v) is 6.38. The summed E-state index contributed by atoms with van der Waals surface area (Å²) >= 11 is 0. The highest BCUT2D eigenvalue weighted by atomic mass is 16.6. The Bertz CT molecular complexity index is 636. The molecule has 0 aliphatic heterocycles. The average Bonchev–Trinajstić information content (AvgIpc) is 2.54. The number of ether oxygens (including phenoxy) is 1. The summed E-state index contributed by atoms with van der Waals surface area (Å²) in [5.74, 6) is 0. The molecule has 6 heteroatoms. The molecule has 0 aliphatic rings. The van der Waals surface area contributed by atoms with Crippen LogP contribution in [0.25, 0.3) is 11.3 Å². The number of nitrogens with one attached hydrogen (secondary N) is 2. The highest BCUT2D eigenvalue weighted by Crippen LogP contribution is 2.14. The molecule has 0 fully saturated rings. The first-order chi connectivity index (χ1) is 11.4. The highest BCUT2D eigenvalue weighted by molar-refractivity contribution is 5.67. The lowest BCUT2D eigenvalue weighted by molar-refractivity contribution is 0.0528. The van der Waals surface area contributed by atoms with Gasteiger partial charge in [-0.1, -0.05) is 30.3 Å². The van der Waals surface area contributed by atoms with E-state index in [2.05, 4.69) is 20.8 Å². The smallest absolute Gasteiger partial charge is 0.407 e. The summed E-state index contributed by atoms with van der Waals surface area (Å²) in [5, 5.41) is 14.4. The Morgan fingerprint density at radius 1 is 1.04 bits per heavy atom. The molecule has 0 aliphatic carbocycles. The van der Waals surface area contributed by atoms with Gasteiger partial charge >= 0.3 is 6.09 Å². The van der Waals surface area contributed by atoms with E-state index >= 15 is 0 Å². The van der Waals surface area contributed by atoms with Crippen LogP contribution >= 0.6 is 0 Å². The van der Waals surface area contributed by atoms with Gasteiger partial charge in [0.05, 0.1) is 11.4 Å². The maximum Gasteiger partial charge on any atom is 0.407 e. The first kappa shape index (κ1) is 17.9. The van der Waals surface area contributed by atoms with E-state index in [1.807, 2.05) is 63.2 Å². The third-order valence-corrected chi connectivity index (χ3v) is 3.07. The Hall–Kier alpha value is -2.47. The largest absolute Gasteiger partial charge is 0.444 e. The monoisotopic (exact) mass is 328 g/mol. The number of carbonyl (C=O) groups is 1. The summed E-state index contributed by atoms with van der Waals surface area (Å²) in [6, 6.07) is 13.8. The zero-order valence-corrected chi connectivity index (χ0v) is 14.4. The average molecular weight is 328 g/mol. The molecule has 0 unspecified atom stereocenters. The maximum absolute atomic E-state index is 11.5. The Morgan fingerprint density at radius 3 is 2.42 bits per heavy atom. The van der Waals surface area contributed by atoms with Crippen LogP contribution in [0.5, 0.6) is 0 Å². The number of amides is 1. The summed E-state index contributed by atoms with van der Waals surface area (Å²) in [6.07, 6.45) is -0.406. The predicted octanol–water partition coefficient (Wildman–Crippen LogP) is 2.76. The third kappa shape index (κ3) is 6.34. The van der Waals surface area contributed by atoms with Crippen molar-refractivity contribution in [3.05, 3.63) is 48.2 Å². The molecule has 1 aromatic heterocycles. The molecule has 0 radical (unpaired) electrons. The molecule has 0 saturated carbocycles. The number of hydrogen-bond acceptors (Lipinski definition) is 5. The zero-order valence-electron chi connectivity index (χ0n) is 14.4. The van der Waals surface area contributed by atoms with Gasteiger partial charge in [-0.05, 0) is 32.9 Å².